The van der Waals surface area contributed by atoms with Crippen LogP contribution in [0.15, 0.2) is 18.6 Å². The van der Waals surface area contributed by atoms with Crippen LogP contribution >= 0.6 is 0 Å². The van der Waals surface area contributed by atoms with Gasteiger partial charge >= 0.3 is 0 Å². The quantitative estimate of drug-likeness (QED) is 0.484. The van der Waals surface area contributed by atoms with Crippen LogP contribution in [-0.2, 0) is 0 Å². The first-order valence-electron chi connectivity index (χ1n) is 3.29. The van der Waals surface area contributed by atoms with Crippen molar-refractivity contribution < 1.29 is 4.92 Å². The van der Waals surface area contributed by atoms with E-state index >= 15 is 0 Å². The predicted molar refractivity (Wildman–Crippen MR) is 42.8 cm³/mol. The molecule has 0 aliphatic carbocycles. The summed E-state index contributed by atoms with van der Waals surface area (Å²) in [4.78, 5) is 17.1. The Morgan fingerprint density at radius 2 is 2.08 bits per heavy atom. The Bertz CT molecular complexity index is 305. The first-order valence-corrected chi connectivity index (χ1v) is 3.29. The summed E-state index contributed by atoms with van der Waals surface area (Å²) in [5.74, 6) is 0.647. The van der Waals surface area contributed by atoms with Gasteiger partial charge in [0, 0.05) is 24.0 Å². The number of nitro groups is 1. The lowest BCUT2D eigenvalue weighted by Gasteiger charge is -1.90. The Morgan fingerprint density at radius 3 is 2.58 bits per heavy atom. The van der Waals surface area contributed by atoms with E-state index in [-0.39, 0.29) is 0 Å². The van der Waals surface area contributed by atoms with Gasteiger partial charge in [-0.3, -0.25) is 10.1 Å². The van der Waals surface area contributed by atoms with Gasteiger partial charge in [-0.1, -0.05) is 0 Å². The van der Waals surface area contributed by atoms with E-state index in [1.807, 2.05) is 0 Å². The second kappa shape index (κ2) is 3.56. The average Bonchev–Trinajstić information content (AvgIpc) is 2.03. The normalized spacial score (nSPS) is 10.4. The van der Waals surface area contributed by atoms with E-state index in [4.69, 9.17) is 0 Å². The minimum Gasteiger partial charge on any atom is -0.259 e. The maximum absolute atomic E-state index is 9.92. The number of hydrogen-bond acceptors (Lipinski definition) is 4. The predicted octanol–water partition coefficient (Wildman–Crippen LogP) is 1.03. The topological polar surface area (TPSA) is 68.9 Å². The van der Waals surface area contributed by atoms with Crippen LogP contribution in [0.1, 0.15) is 11.4 Å². The molecule has 0 radical (unpaired) electrons. The molecule has 0 N–H and O–H groups in total. The number of nitrogens with zero attached hydrogens (tertiary/aromatic N) is 3. The molecule has 0 amide bonds. The van der Waals surface area contributed by atoms with E-state index < -0.39 is 4.92 Å². The number of aromatic nitrogens is 2. The van der Waals surface area contributed by atoms with Crippen molar-refractivity contribution in [1.29, 1.82) is 0 Å². The van der Waals surface area contributed by atoms with Crippen molar-refractivity contribution in [1.82, 2.24) is 9.97 Å². The summed E-state index contributed by atoms with van der Waals surface area (Å²) in [5.41, 5.74) is 0.623. The lowest BCUT2D eigenvalue weighted by atomic mass is 10.3. The zero-order valence-electron chi connectivity index (χ0n) is 6.47. The van der Waals surface area contributed by atoms with Crippen LogP contribution in [-0.4, -0.2) is 14.9 Å². The van der Waals surface area contributed by atoms with Crippen LogP contribution < -0.4 is 0 Å². The minimum absolute atomic E-state index is 0.528. The zero-order valence-corrected chi connectivity index (χ0v) is 6.47. The summed E-state index contributed by atoms with van der Waals surface area (Å²) < 4.78 is 0. The Labute approximate surface area is 68.9 Å². The first kappa shape index (κ1) is 8.32. The third kappa shape index (κ3) is 2.45. The lowest BCUT2D eigenvalue weighted by Crippen LogP contribution is -1.87. The Kier molecular flexibility index (Phi) is 2.47. The van der Waals surface area contributed by atoms with Gasteiger partial charge in [-0.2, -0.15) is 0 Å². The molecule has 12 heavy (non-hydrogen) atoms. The van der Waals surface area contributed by atoms with Gasteiger partial charge in [0.25, 0.3) is 0 Å². The molecule has 5 heteroatoms. The molecule has 0 aliphatic heterocycles. The molecule has 62 valence electrons. The Hall–Kier alpha value is -1.78. The second-order valence-corrected chi connectivity index (χ2v) is 2.16. The molecule has 0 bridgehead atoms. The highest BCUT2D eigenvalue weighted by atomic mass is 16.6. The van der Waals surface area contributed by atoms with Crippen molar-refractivity contribution in [2.24, 2.45) is 0 Å². The van der Waals surface area contributed by atoms with Gasteiger partial charge in [0.1, 0.15) is 5.82 Å². The van der Waals surface area contributed by atoms with Gasteiger partial charge in [0.15, 0.2) is 0 Å². The number of hydrogen-bond donors (Lipinski definition) is 0. The summed E-state index contributed by atoms with van der Waals surface area (Å²) >= 11 is 0. The fraction of sp³-hybridized carbons (Fsp3) is 0.143. The average molecular weight is 165 g/mol. The van der Waals surface area contributed by atoms with Gasteiger partial charge in [-0.25, -0.2) is 9.97 Å². The van der Waals surface area contributed by atoms with Gasteiger partial charge in [-0.05, 0) is 6.92 Å². The van der Waals surface area contributed by atoms with Gasteiger partial charge in [-0.15, -0.1) is 0 Å². The molecule has 1 heterocycles. The van der Waals surface area contributed by atoms with Crippen molar-refractivity contribution >= 4 is 6.08 Å². The van der Waals surface area contributed by atoms with Crippen LogP contribution in [0.2, 0.25) is 0 Å². The summed E-state index contributed by atoms with van der Waals surface area (Å²) in [6.45, 7) is 1.75. The molecule has 0 saturated heterocycles. The maximum Gasteiger partial charge on any atom is 0.235 e. The number of rotatable bonds is 2. The summed E-state index contributed by atoms with van der Waals surface area (Å²) in [6.07, 6.45) is 5.26. The molecular weight excluding hydrogens is 158 g/mol. The molecule has 1 rings (SSSR count). The van der Waals surface area contributed by atoms with Crippen molar-refractivity contribution in [2.75, 3.05) is 0 Å². The minimum atomic E-state index is -0.528. The van der Waals surface area contributed by atoms with Crippen LogP contribution in [0.25, 0.3) is 6.08 Å². The van der Waals surface area contributed by atoms with Gasteiger partial charge < -0.3 is 0 Å². The molecule has 1 aromatic rings. The molecule has 5 nitrogen and oxygen atoms in total. The largest absolute Gasteiger partial charge is 0.259 e. The first-order chi connectivity index (χ1) is 5.68. The maximum atomic E-state index is 9.92. The van der Waals surface area contributed by atoms with Crippen LogP contribution in [0.3, 0.4) is 0 Å². The van der Waals surface area contributed by atoms with Crippen molar-refractivity contribution in [2.45, 2.75) is 6.92 Å². The highest BCUT2D eigenvalue weighted by Crippen LogP contribution is 1.97. The summed E-state index contributed by atoms with van der Waals surface area (Å²) in [7, 11) is 0. The Balaban J connectivity index is 2.77. The van der Waals surface area contributed by atoms with Gasteiger partial charge in [0.2, 0.25) is 6.20 Å². The molecule has 0 aliphatic rings. The fourth-order valence-electron chi connectivity index (χ4n) is 0.636. The molecule has 1 aromatic heterocycles. The van der Waals surface area contributed by atoms with E-state index in [2.05, 4.69) is 9.97 Å². The van der Waals surface area contributed by atoms with E-state index in [0.29, 0.717) is 11.4 Å². The lowest BCUT2D eigenvalue weighted by molar-refractivity contribution is -0.400. The van der Waals surface area contributed by atoms with Crippen molar-refractivity contribution in [3.05, 3.63) is 40.1 Å². The standard InChI is InChI=1S/C7H7N3O2/c1-6-8-4-7(5-9-6)2-3-10(11)12/h2-5H,1H3/b3-2+. The third-order valence-corrected chi connectivity index (χ3v) is 1.19. The highest BCUT2D eigenvalue weighted by molar-refractivity contribution is 5.44. The van der Waals surface area contributed by atoms with Crippen molar-refractivity contribution in [3.63, 3.8) is 0 Å². The molecule has 0 aromatic carbocycles. The smallest absolute Gasteiger partial charge is 0.235 e. The van der Waals surface area contributed by atoms with E-state index in [0.717, 1.165) is 6.20 Å². The summed E-state index contributed by atoms with van der Waals surface area (Å²) in [6, 6.07) is 0. The zero-order chi connectivity index (χ0) is 8.97. The molecule has 0 atom stereocenters. The number of aryl methyl sites for hydroxylation is 1. The molecule has 0 fully saturated rings. The van der Waals surface area contributed by atoms with Crippen LogP contribution in [0.4, 0.5) is 0 Å². The third-order valence-electron chi connectivity index (χ3n) is 1.19. The van der Waals surface area contributed by atoms with E-state index in [1.165, 1.54) is 18.5 Å². The molecular formula is C7H7N3O2. The second-order valence-electron chi connectivity index (χ2n) is 2.16. The Morgan fingerprint density at radius 1 is 1.50 bits per heavy atom. The molecule has 0 saturated carbocycles. The SMILES string of the molecule is Cc1ncc(/C=C/[N+](=O)[O-])cn1. The monoisotopic (exact) mass is 165 g/mol. The highest BCUT2D eigenvalue weighted by Gasteiger charge is 1.90. The van der Waals surface area contributed by atoms with Crippen molar-refractivity contribution in [3.8, 4) is 0 Å². The molecule has 0 spiro atoms. The van der Waals surface area contributed by atoms with E-state index in [9.17, 15) is 10.1 Å². The van der Waals surface area contributed by atoms with Crippen LogP contribution in [0.5, 0.6) is 0 Å². The fourth-order valence-corrected chi connectivity index (χ4v) is 0.636. The van der Waals surface area contributed by atoms with E-state index in [1.54, 1.807) is 6.92 Å². The van der Waals surface area contributed by atoms with Gasteiger partial charge in [0.05, 0.1) is 4.92 Å². The summed E-state index contributed by atoms with van der Waals surface area (Å²) in [5, 5.41) is 9.92. The molecule has 0 unspecified atom stereocenters. The van der Waals surface area contributed by atoms with Crippen LogP contribution in [0, 0.1) is 17.0 Å².